The van der Waals surface area contributed by atoms with Crippen LogP contribution in [0.5, 0.6) is 0 Å². The van der Waals surface area contributed by atoms with Crippen molar-refractivity contribution >= 4 is 12.0 Å². The van der Waals surface area contributed by atoms with Crippen LogP contribution in [0.25, 0.3) is 0 Å². The lowest BCUT2D eigenvalue weighted by molar-refractivity contribution is -0.144. The zero-order chi connectivity index (χ0) is 15.6. The molecule has 0 saturated heterocycles. The van der Waals surface area contributed by atoms with Crippen molar-refractivity contribution in [3.05, 3.63) is 0 Å². The average Bonchev–Trinajstić information content (AvgIpc) is 2.33. The minimum atomic E-state index is -1.22. The molecule has 6 heteroatoms. The number of urea groups is 1. The molecule has 20 heavy (non-hydrogen) atoms. The van der Waals surface area contributed by atoms with Crippen molar-refractivity contribution < 1.29 is 19.4 Å². The summed E-state index contributed by atoms with van der Waals surface area (Å²) in [5.74, 6) is -0.431. The third-order valence-electron chi connectivity index (χ3n) is 2.98. The topological polar surface area (TPSA) is 87.7 Å². The van der Waals surface area contributed by atoms with Crippen LogP contribution in [0.4, 0.5) is 4.79 Å². The number of nitrogens with one attached hydrogen (secondary N) is 2. The van der Waals surface area contributed by atoms with Crippen molar-refractivity contribution in [1.82, 2.24) is 10.6 Å². The molecule has 1 unspecified atom stereocenters. The van der Waals surface area contributed by atoms with E-state index in [9.17, 15) is 9.59 Å². The van der Waals surface area contributed by atoms with E-state index in [1.807, 2.05) is 6.92 Å². The molecule has 0 radical (unpaired) electrons. The maximum Gasteiger partial charge on any atom is 0.329 e. The standard InChI is InChI=1S/C14H28N2O4/c1-5-7-14(4,12(17)18)16-13(19)15-8-10-20-9-6-11(2)3/h11H,5-10H2,1-4H3,(H,17,18)(H2,15,16,19). The second kappa shape index (κ2) is 9.58. The Bertz CT molecular complexity index is 308. The lowest BCUT2D eigenvalue weighted by Gasteiger charge is -2.25. The molecule has 0 heterocycles. The molecule has 0 aliphatic heterocycles. The molecule has 0 spiro atoms. The fraction of sp³-hybridized carbons (Fsp3) is 0.857. The molecule has 0 aliphatic rings. The molecule has 0 bridgehead atoms. The first-order chi connectivity index (χ1) is 9.31. The minimum absolute atomic E-state index is 0.367. The van der Waals surface area contributed by atoms with Gasteiger partial charge in [0.25, 0.3) is 0 Å². The minimum Gasteiger partial charge on any atom is -0.480 e. The number of hydrogen-bond donors (Lipinski definition) is 3. The van der Waals surface area contributed by atoms with Gasteiger partial charge >= 0.3 is 12.0 Å². The van der Waals surface area contributed by atoms with Gasteiger partial charge in [-0.25, -0.2) is 9.59 Å². The summed E-state index contributed by atoms with van der Waals surface area (Å²) < 4.78 is 5.36. The summed E-state index contributed by atoms with van der Waals surface area (Å²) in [5, 5.41) is 14.2. The zero-order valence-electron chi connectivity index (χ0n) is 13.0. The SMILES string of the molecule is CCCC(C)(NC(=O)NCCOCCC(C)C)C(=O)O. The fourth-order valence-corrected chi connectivity index (χ4v) is 1.68. The first-order valence-electron chi connectivity index (χ1n) is 7.19. The Labute approximate surface area is 121 Å². The number of aliphatic carboxylic acids is 1. The Kier molecular flexibility index (Phi) is 8.96. The van der Waals surface area contributed by atoms with Gasteiger partial charge in [-0.1, -0.05) is 27.2 Å². The van der Waals surface area contributed by atoms with Crippen LogP contribution in [0.15, 0.2) is 0 Å². The van der Waals surface area contributed by atoms with Crippen molar-refractivity contribution in [1.29, 1.82) is 0 Å². The van der Waals surface area contributed by atoms with E-state index < -0.39 is 17.5 Å². The molecule has 2 amide bonds. The number of ether oxygens (including phenoxy) is 1. The largest absolute Gasteiger partial charge is 0.480 e. The van der Waals surface area contributed by atoms with Gasteiger partial charge in [0, 0.05) is 13.2 Å². The van der Waals surface area contributed by atoms with Gasteiger partial charge in [0.1, 0.15) is 5.54 Å². The molecule has 0 aromatic rings. The third kappa shape index (κ3) is 7.99. The molecule has 118 valence electrons. The number of rotatable bonds is 10. The smallest absolute Gasteiger partial charge is 0.329 e. The van der Waals surface area contributed by atoms with Crippen LogP contribution in [0.3, 0.4) is 0 Å². The number of amides is 2. The lowest BCUT2D eigenvalue weighted by Crippen LogP contribution is -2.55. The highest BCUT2D eigenvalue weighted by atomic mass is 16.5. The summed E-state index contributed by atoms with van der Waals surface area (Å²) in [7, 11) is 0. The second-order valence-corrected chi connectivity index (χ2v) is 5.56. The fourth-order valence-electron chi connectivity index (χ4n) is 1.68. The molecule has 0 saturated carbocycles. The number of hydrogen-bond acceptors (Lipinski definition) is 3. The van der Waals surface area contributed by atoms with Crippen LogP contribution in [0.1, 0.15) is 47.0 Å². The van der Waals surface area contributed by atoms with Gasteiger partial charge in [0.2, 0.25) is 0 Å². The number of carboxylic acids is 1. The van der Waals surface area contributed by atoms with Crippen LogP contribution in [-0.2, 0) is 9.53 Å². The Morgan fingerprint density at radius 1 is 1.30 bits per heavy atom. The van der Waals surface area contributed by atoms with Crippen LogP contribution in [0, 0.1) is 5.92 Å². The van der Waals surface area contributed by atoms with E-state index >= 15 is 0 Å². The van der Waals surface area contributed by atoms with E-state index in [4.69, 9.17) is 9.84 Å². The van der Waals surface area contributed by atoms with Crippen molar-refractivity contribution in [2.45, 2.75) is 52.5 Å². The van der Waals surface area contributed by atoms with Crippen molar-refractivity contribution in [3.8, 4) is 0 Å². The Morgan fingerprint density at radius 2 is 1.95 bits per heavy atom. The van der Waals surface area contributed by atoms with Crippen LogP contribution >= 0.6 is 0 Å². The molecule has 0 rings (SSSR count). The maximum atomic E-state index is 11.6. The van der Waals surface area contributed by atoms with Gasteiger partial charge in [-0.2, -0.15) is 0 Å². The monoisotopic (exact) mass is 288 g/mol. The van der Waals surface area contributed by atoms with Gasteiger partial charge in [0.05, 0.1) is 6.61 Å². The summed E-state index contributed by atoms with van der Waals surface area (Å²) in [6.07, 6.45) is 2.06. The van der Waals surface area contributed by atoms with Gasteiger partial charge in [-0.15, -0.1) is 0 Å². The molecule has 0 fully saturated rings. The van der Waals surface area contributed by atoms with Gasteiger partial charge in [-0.3, -0.25) is 0 Å². The van der Waals surface area contributed by atoms with Crippen LogP contribution in [-0.4, -0.2) is 42.4 Å². The van der Waals surface area contributed by atoms with Crippen LogP contribution in [0.2, 0.25) is 0 Å². The number of carbonyl (C=O) groups is 2. The van der Waals surface area contributed by atoms with Crippen molar-refractivity contribution in [2.75, 3.05) is 19.8 Å². The Hall–Kier alpha value is -1.30. The lowest BCUT2D eigenvalue weighted by atomic mass is 9.97. The van der Waals surface area contributed by atoms with Crippen molar-refractivity contribution in [3.63, 3.8) is 0 Å². The quantitative estimate of drug-likeness (QED) is 0.536. The first-order valence-corrected chi connectivity index (χ1v) is 7.19. The van der Waals surface area contributed by atoms with Gasteiger partial charge in [-0.05, 0) is 25.7 Å². The molecule has 6 nitrogen and oxygen atoms in total. The second-order valence-electron chi connectivity index (χ2n) is 5.56. The van der Waals surface area contributed by atoms with Crippen molar-refractivity contribution in [2.24, 2.45) is 5.92 Å². The van der Waals surface area contributed by atoms with Gasteiger partial charge in [0.15, 0.2) is 0 Å². The van der Waals surface area contributed by atoms with E-state index in [0.717, 1.165) is 6.42 Å². The van der Waals surface area contributed by atoms with E-state index in [0.29, 0.717) is 38.5 Å². The zero-order valence-corrected chi connectivity index (χ0v) is 13.0. The highest BCUT2D eigenvalue weighted by Gasteiger charge is 2.33. The number of carbonyl (C=O) groups excluding carboxylic acids is 1. The predicted molar refractivity (Wildman–Crippen MR) is 77.8 cm³/mol. The molecular formula is C14H28N2O4. The van der Waals surface area contributed by atoms with E-state index in [-0.39, 0.29) is 0 Å². The summed E-state index contributed by atoms with van der Waals surface area (Å²) in [6.45, 7) is 9.10. The third-order valence-corrected chi connectivity index (χ3v) is 2.98. The molecule has 1 atom stereocenters. The van der Waals surface area contributed by atoms with E-state index in [1.54, 1.807) is 0 Å². The average molecular weight is 288 g/mol. The normalized spacial score (nSPS) is 13.8. The summed E-state index contributed by atoms with van der Waals surface area (Å²) >= 11 is 0. The summed E-state index contributed by atoms with van der Waals surface area (Å²) in [6, 6.07) is -0.476. The molecule has 0 aliphatic carbocycles. The Balaban J connectivity index is 3.89. The molecular weight excluding hydrogens is 260 g/mol. The highest BCUT2D eigenvalue weighted by molar-refractivity contribution is 5.85. The summed E-state index contributed by atoms with van der Waals surface area (Å²) in [4.78, 5) is 22.8. The molecule has 3 N–H and O–H groups in total. The van der Waals surface area contributed by atoms with Crippen LogP contribution < -0.4 is 10.6 Å². The molecule has 0 aromatic carbocycles. The molecule has 0 aromatic heterocycles. The van der Waals surface area contributed by atoms with E-state index in [1.165, 1.54) is 6.92 Å². The number of carboxylic acid groups (broad SMARTS) is 1. The van der Waals surface area contributed by atoms with Gasteiger partial charge < -0.3 is 20.5 Å². The predicted octanol–water partition coefficient (Wildman–Crippen LogP) is 1.99. The van der Waals surface area contributed by atoms with E-state index in [2.05, 4.69) is 24.5 Å². The highest BCUT2D eigenvalue weighted by Crippen LogP contribution is 2.12. The first kappa shape index (κ1) is 18.7. The maximum absolute atomic E-state index is 11.6. The summed E-state index contributed by atoms with van der Waals surface area (Å²) in [5.41, 5.74) is -1.22. The Morgan fingerprint density at radius 3 is 2.45 bits per heavy atom.